The highest BCUT2D eigenvalue weighted by Gasteiger charge is 2.00. The molecule has 14 heavy (non-hydrogen) atoms. The molecule has 2 aromatic rings. The van der Waals surface area contributed by atoms with Crippen molar-refractivity contribution >= 4 is 11.3 Å². The Hall–Kier alpha value is -1.19. The summed E-state index contributed by atoms with van der Waals surface area (Å²) in [5.74, 6) is 0. The number of nitrogens with zero attached hydrogens (tertiary/aromatic N) is 1. The topological polar surface area (TPSA) is 38.9 Å². The van der Waals surface area contributed by atoms with Crippen molar-refractivity contribution in [3.63, 3.8) is 0 Å². The van der Waals surface area contributed by atoms with Gasteiger partial charge < -0.3 is 5.73 Å². The number of nitrogens with two attached hydrogens (primary N) is 1. The Morgan fingerprint density at radius 2 is 2.29 bits per heavy atom. The van der Waals surface area contributed by atoms with Crippen LogP contribution in [0.1, 0.15) is 5.56 Å². The molecule has 0 unspecified atom stereocenters. The van der Waals surface area contributed by atoms with Gasteiger partial charge in [-0.1, -0.05) is 6.07 Å². The molecule has 0 aliphatic heterocycles. The van der Waals surface area contributed by atoms with Crippen molar-refractivity contribution in [3.8, 4) is 10.6 Å². The lowest BCUT2D eigenvalue weighted by molar-refractivity contribution is 0.965. The van der Waals surface area contributed by atoms with Gasteiger partial charge in [0.15, 0.2) is 0 Å². The smallest absolute Gasteiger partial charge is 0.0804 e. The quantitative estimate of drug-likeness (QED) is 0.833. The summed E-state index contributed by atoms with van der Waals surface area (Å²) in [6.45, 7) is 0.688. The highest BCUT2D eigenvalue weighted by atomic mass is 32.1. The van der Waals surface area contributed by atoms with E-state index >= 15 is 0 Å². The van der Waals surface area contributed by atoms with Crippen LogP contribution in [-0.2, 0) is 6.42 Å². The minimum Gasteiger partial charge on any atom is -0.330 e. The lowest BCUT2D eigenvalue weighted by Crippen LogP contribution is -2.02. The maximum absolute atomic E-state index is 5.51. The molecular weight excluding hydrogens is 192 g/mol. The Labute approximate surface area is 87.4 Å². The fraction of sp³-hybridized carbons (Fsp3) is 0.182. The molecule has 0 aromatic carbocycles. The maximum atomic E-state index is 5.51. The predicted octanol–water partition coefficient (Wildman–Crippen LogP) is 2.31. The Kier molecular flexibility index (Phi) is 2.91. The Morgan fingerprint density at radius 1 is 1.36 bits per heavy atom. The molecule has 2 heterocycles. The molecule has 2 N–H and O–H groups in total. The van der Waals surface area contributed by atoms with Crippen LogP contribution < -0.4 is 5.73 Å². The first-order chi connectivity index (χ1) is 6.90. The predicted molar refractivity (Wildman–Crippen MR) is 60.3 cm³/mol. The van der Waals surface area contributed by atoms with Gasteiger partial charge >= 0.3 is 0 Å². The second kappa shape index (κ2) is 4.35. The third-order valence-electron chi connectivity index (χ3n) is 2.03. The molecule has 2 rings (SSSR count). The number of hydrogen-bond acceptors (Lipinski definition) is 3. The van der Waals surface area contributed by atoms with Crippen LogP contribution in [0.3, 0.4) is 0 Å². The van der Waals surface area contributed by atoms with Gasteiger partial charge in [-0.05, 0) is 42.1 Å². The first-order valence-electron chi connectivity index (χ1n) is 4.59. The number of aromatic nitrogens is 1. The summed E-state index contributed by atoms with van der Waals surface area (Å²) in [4.78, 5) is 5.55. The Bertz CT molecular complexity index is 395. The van der Waals surface area contributed by atoms with Crippen LogP contribution in [-0.4, -0.2) is 11.5 Å². The molecule has 0 bridgehead atoms. The third-order valence-corrected chi connectivity index (χ3v) is 2.92. The summed E-state index contributed by atoms with van der Waals surface area (Å²) in [5.41, 5.74) is 7.81. The molecule has 72 valence electrons. The Morgan fingerprint density at radius 3 is 3.00 bits per heavy atom. The second-order valence-electron chi connectivity index (χ2n) is 3.07. The number of hydrogen-bond donors (Lipinski definition) is 1. The summed E-state index contributed by atoms with van der Waals surface area (Å²) in [6, 6.07) is 8.25. The van der Waals surface area contributed by atoms with E-state index < -0.39 is 0 Å². The minimum atomic E-state index is 0.688. The summed E-state index contributed by atoms with van der Waals surface area (Å²) < 4.78 is 0. The molecule has 2 nitrogen and oxygen atoms in total. The van der Waals surface area contributed by atoms with Gasteiger partial charge in [-0.25, -0.2) is 0 Å². The molecule has 0 fully saturated rings. The summed E-state index contributed by atoms with van der Waals surface area (Å²) in [5, 5.41) is 2.06. The molecule has 0 radical (unpaired) electrons. The van der Waals surface area contributed by atoms with E-state index in [-0.39, 0.29) is 0 Å². The monoisotopic (exact) mass is 204 g/mol. The van der Waals surface area contributed by atoms with Crippen molar-refractivity contribution in [1.82, 2.24) is 4.98 Å². The van der Waals surface area contributed by atoms with E-state index in [2.05, 4.69) is 22.5 Å². The molecule has 0 aliphatic carbocycles. The van der Waals surface area contributed by atoms with Gasteiger partial charge in [-0.3, -0.25) is 4.98 Å². The average molecular weight is 204 g/mol. The van der Waals surface area contributed by atoms with E-state index in [4.69, 9.17) is 5.73 Å². The van der Waals surface area contributed by atoms with E-state index in [0.717, 1.165) is 12.1 Å². The van der Waals surface area contributed by atoms with E-state index in [1.54, 1.807) is 11.3 Å². The highest BCUT2D eigenvalue weighted by Crippen LogP contribution is 2.22. The van der Waals surface area contributed by atoms with Crippen molar-refractivity contribution in [3.05, 3.63) is 41.4 Å². The molecule has 2 aromatic heterocycles. The highest BCUT2D eigenvalue weighted by molar-refractivity contribution is 7.13. The molecule has 0 aliphatic rings. The first kappa shape index (κ1) is 9.37. The summed E-state index contributed by atoms with van der Waals surface area (Å²) in [7, 11) is 0. The van der Waals surface area contributed by atoms with Gasteiger partial charge in [0.2, 0.25) is 0 Å². The van der Waals surface area contributed by atoms with Crippen LogP contribution in [0.5, 0.6) is 0 Å². The average Bonchev–Trinajstić information content (AvgIpc) is 2.71. The molecule has 3 heteroatoms. The molecule has 0 saturated heterocycles. The van der Waals surface area contributed by atoms with Gasteiger partial charge in [0.25, 0.3) is 0 Å². The number of rotatable bonds is 3. The SMILES string of the molecule is NCCc1ccnc(-c2cccs2)c1. The van der Waals surface area contributed by atoms with Gasteiger partial charge in [0, 0.05) is 6.20 Å². The van der Waals surface area contributed by atoms with Crippen molar-refractivity contribution in [2.75, 3.05) is 6.54 Å². The first-order valence-corrected chi connectivity index (χ1v) is 5.47. The van der Waals surface area contributed by atoms with E-state index in [9.17, 15) is 0 Å². The molecule has 0 spiro atoms. The van der Waals surface area contributed by atoms with E-state index in [1.165, 1.54) is 10.4 Å². The van der Waals surface area contributed by atoms with Crippen molar-refractivity contribution in [2.24, 2.45) is 5.73 Å². The van der Waals surface area contributed by atoms with Crippen LogP contribution in [0, 0.1) is 0 Å². The van der Waals surface area contributed by atoms with E-state index in [1.807, 2.05) is 18.3 Å². The van der Waals surface area contributed by atoms with Crippen LogP contribution >= 0.6 is 11.3 Å². The third kappa shape index (κ3) is 2.00. The summed E-state index contributed by atoms with van der Waals surface area (Å²) in [6.07, 6.45) is 2.76. The summed E-state index contributed by atoms with van der Waals surface area (Å²) >= 11 is 1.71. The van der Waals surface area contributed by atoms with Gasteiger partial charge in [-0.15, -0.1) is 11.3 Å². The van der Waals surface area contributed by atoms with Gasteiger partial charge in [-0.2, -0.15) is 0 Å². The molecule has 0 amide bonds. The van der Waals surface area contributed by atoms with Crippen LogP contribution in [0.15, 0.2) is 35.8 Å². The van der Waals surface area contributed by atoms with Gasteiger partial charge in [0.05, 0.1) is 10.6 Å². The van der Waals surface area contributed by atoms with Crippen molar-refractivity contribution < 1.29 is 0 Å². The lowest BCUT2D eigenvalue weighted by atomic mass is 10.1. The number of pyridine rings is 1. The lowest BCUT2D eigenvalue weighted by Gasteiger charge is -2.00. The van der Waals surface area contributed by atoms with Crippen molar-refractivity contribution in [1.29, 1.82) is 0 Å². The zero-order chi connectivity index (χ0) is 9.80. The molecule has 0 atom stereocenters. The zero-order valence-corrected chi connectivity index (χ0v) is 8.63. The van der Waals surface area contributed by atoms with Gasteiger partial charge in [0.1, 0.15) is 0 Å². The fourth-order valence-electron chi connectivity index (χ4n) is 1.36. The van der Waals surface area contributed by atoms with Crippen LogP contribution in [0.25, 0.3) is 10.6 Å². The number of thiophene rings is 1. The largest absolute Gasteiger partial charge is 0.330 e. The fourth-order valence-corrected chi connectivity index (χ4v) is 2.05. The van der Waals surface area contributed by atoms with Crippen LogP contribution in [0.4, 0.5) is 0 Å². The Balaban J connectivity index is 2.31. The standard InChI is InChI=1S/C11H12N2S/c12-5-3-9-4-6-13-10(8-9)11-2-1-7-14-11/h1-2,4,6-8H,3,5,12H2. The van der Waals surface area contributed by atoms with Crippen LogP contribution in [0.2, 0.25) is 0 Å². The van der Waals surface area contributed by atoms with E-state index in [0.29, 0.717) is 6.54 Å². The second-order valence-corrected chi connectivity index (χ2v) is 4.01. The normalized spacial score (nSPS) is 10.4. The zero-order valence-electron chi connectivity index (χ0n) is 7.81. The minimum absolute atomic E-state index is 0.688. The molecular formula is C11H12N2S. The maximum Gasteiger partial charge on any atom is 0.0804 e. The molecule has 0 saturated carbocycles. The van der Waals surface area contributed by atoms with Crippen molar-refractivity contribution in [2.45, 2.75) is 6.42 Å².